The van der Waals surface area contributed by atoms with Gasteiger partial charge in [0.25, 0.3) is 0 Å². The maximum atomic E-state index is 10.9. The van der Waals surface area contributed by atoms with E-state index in [9.17, 15) is 4.79 Å². The van der Waals surface area contributed by atoms with Gasteiger partial charge in [-0.05, 0) is 24.6 Å². The maximum Gasteiger partial charge on any atom is 0.234 e. The van der Waals surface area contributed by atoms with Crippen LogP contribution < -0.4 is 15.8 Å². The molecule has 0 bridgehead atoms. The van der Waals surface area contributed by atoms with Crippen molar-refractivity contribution in [2.75, 3.05) is 13.2 Å². The maximum absolute atomic E-state index is 10.9. The van der Waals surface area contributed by atoms with Gasteiger partial charge in [-0.2, -0.15) is 0 Å². The average Bonchev–Trinajstić information content (AvgIpc) is 2.27. The molecule has 4 heteroatoms. The first-order valence-electron chi connectivity index (χ1n) is 4.94. The second-order valence-electron chi connectivity index (χ2n) is 3.06. The van der Waals surface area contributed by atoms with Gasteiger partial charge >= 0.3 is 0 Å². The Hall–Kier alpha value is -1.55. The largest absolute Gasteiger partial charge is 0.494 e. The van der Waals surface area contributed by atoms with Gasteiger partial charge in [0.2, 0.25) is 5.91 Å². The summed E-state index contributed by atoms with van der Waals surface area (Å²) in [5.74, 6) is 0.661. The highest BCUT2D eigenvalue weighted by Crippen LogP contribution is 2.12. The fraction of sp³-hybridized carbons (Fsp3) is 0.364. The van der Waals surface area contributed by atoms with Crippen LogP contribution in [0.4, 0.5) is 0 Å². The third kappa shape index (κ3) is 3.99. The van der Waals surface area contributed by atoms with Crippen LogP contribution in [0.3, 0.4) is 0 Å². The van der Waals surface area contributed by atoms with E-state index in [4.69, 9.17) is 10.5 Å². The molecule has 82 valence electrons. The summed E-state index contributed by atoms with van der Waals surface area (Å²) < 4.78 is 5.34. The molecule has 0 aliphatic rings. The van der Waals surface area contributed by atoms with Gasteiger partial charge in [-0.25, -0.2) is 0 Å². The van der Waals surface area contributed by atoms with Crippen molar-refractivity contribution in [2.24, 2.45) is 5.73 Å². The number of rotatable bonds is 5. The molecule has 0 atom stereocenters. The van der Waals surface area contributed by atoms with Gasteiger partial charge in [0.15, 0.2) is 0 Å². The molecule has 15 heavy (non-hydrogen) atoms. The number of benzene rings is 1. The number of amides is 1. The molecule has 1 aromatic carbocycles. The third-order valence-corrected chi connectivity index (χ3v) is 1.88. The van der Waals surface area contributed by atoms with Gasteiger partial charge in [0.1, 0.15) is 5.75 Å². The summed E-state index contributed by atoms with van der Waals surface area (Å²) in [5, 5.41) is 2.70. The summed E-state index contributed by atoms with van der Waals surface area (Å²) >= 11 is 0. The van der Waals surface area contributed by atoms with Crippen LogP contribution in [-0.2, 0) is 11.3 Å². The molecule has 0 unspecified atom stereocenters. The Bertz CT molecular complexity index is 326. The van der Waals surface area contributed by atoms with E-state index < -0.39 is 0 Å². The number of carbonyl (C=O) groups is 1. The SMILES string of the molecule is CCOc1cccc(CNC(=O)CN)c1. The highest BCUT2D eigenvalue weighted by Gasteiger charge is 1.99. The monoisotopic (exact) mass is 208 g/mol. The van der Waals surface area contributed by atoms with Gasteiger partial charge in [0.05, 0.1) is 13.2 Å². The molecule has 0 aromatic heterocycles. The van der Waals surface area contributed by atoms with Crippen molar-refractivity contribution < 1.29 is 9.53 Å². The first-order valence-corrected chi connectivity index (χ1v) is 4.94. The molecule has 0 aliphatic carbocycles. The molecule has 1 aromatic rings. The normalized spacial score (nSPS) is 9.73. The predicted molar refractivity (Wildman–Crippen MR) is 58.5 cm³/mol. The molecule has 0 spiro atoms. The minimum absolute atomic E-state index is 0.0190. The molecule has 0 saturated heterocycles. The Morgan fingerprint density at radius 2 is 2.33 bits per heavy atom. The summed E-state index contributed by atoms with van der Waals surface area (Å²) in [5.41, 5.74) is 6.18. The molecule has 3 N–H and O–H groups in total. The predicted octanol–water partition coefficient (Wildman–Crippen LogP) is 0.660. The second kappa shape index (κ2) is 6.03. The number of nitrogens with one attached hydrogen (secondary N) is 1. The van der Waals surface area contributed by atoms with Gasteiger partial charge < -0.3 is 15.8 Å². The zero-order valence-electron chi connectivity index (χ0n) is 8.82. The van der Waals surface area contributed by atoms with Crippen molar-refractivity contribution in [3.8, 4) is 5.75 Å². The van der Waals surface area contributed by atoms with E-state index in [1.165, 1.54) is 0 Å². The van der Waals surface area contributed by atoms with Crippen LogP contribution in [0.15, 0.2) is 24.3 Å². The zero-order valence-corrected chi connectivity index (χ0v) is 8.82. The van der Waals surface area contributed by atoms with Crippen LogP contribution in [0.2, 0.25) is 0 Å². The lowest BCUT2D eigenvalue weighted by Gasteiger charge is -2.06. The van der Waals surface area contributed by atoms with Crippen molar-refractivity contribution in [1.29, 1.82) is 0 Å². The summed E-state index contributed by atoms with van der Waals surface area (Å²) in [7, 11) is 0. The second-order valence-corrected chi connectivity index (χ2v) is 3.06. The molecule has 0 heterocycles. The minimum Gasteiger partial charge on any atom is -0.494 e. The Morgan fingerprint density at radius 1 is 1.53 bits per heavy atom. The van der Waals surface area contributed by atoms with Crippen LogP contribution in [0.25, 0.3) is 0 Å². The van der Waals surface area contributed by atoms with E-state index in [-0.39, 0.29) is 12.5 Å². The quantitative estimate of drug-likeness (QED) is 0.747. The summed E-state index contributed by atoms with van der Waals surface area (Å²) in [4.78, 5) is 10.9. The van der Waals surface area contributed by atoms with E-state index in [2.05, 4.69) is 5.32 Å². The molecular formula is C11H16N2O2. The van der Waals surface area contributed by atoms with Crippen LogP contribution >= 0.6 is 0 Å². The Labute approximate surface area is 89.4 Å². The van der Waals surface area contributed by atoms with Crippen LogP contribution in [0, 0.1) is 0 Å². The number of ether oxygens (including phenoxy) is 1. The van der Waals surface area contributed by atoms with Crippen LogP contribution in [-0.4, -0.2) is 19.1 Å². The first kappa shape index (κ1) is 11.5. The van der Waals surface area contributed by atoms with Gasteiger partial charge in [-0.1, -0.05) is 12.1 Å². The van der Waals surface area contributed by atoms with Crippen molar-refractivity contribution in [3.63, 3.8) is 0 Å². The van der Waals surface area contributed by atoms with Crippen molar-refractivity contribution in [2.45, 2.75) is 13.5 Å². The van der Waals surface area contributed by atoms with E-state index in [1.54, 1.807) is 0 Å². The van der Waals surface area contributed by atoms with E-state index >= 15 is 0 Å². The first-order chi connectivity index (χ1) is 7.26. The topological polar surface area (TPSA) is 64.3 Å². The lowest BCUT2D eigenvalue weighted by molar-refractivity contribution is -0.119. The lowest BCUT2D eigenvalue weighted by atomic mass is 10.2. The van der Waals surface area contributed by atoms with E-state index in [1.807, 2.05) is 31.2 Å². The lowest BCUT2D eigenvalue weighted by Crippen LogP contribution is -2.29. The van der Waals surface area contributed by atoms with Crippen LogP contribution in [0.5, 0.6) is 5.75 Å². The summed E-state index contributed by atoms with van der Waals surface area (Å²) in [6.45, 7) is 3.07. The number of hydrogen-bond donors (Lipinski definition) is 2. The fourth-order valence-corrected chi connectivity index (χ4v) is 1.18. The van der Waals surface area contributed by atoms with Crippen molar-refractivity contribution in [3.05, 3.63) is 29.8 Å². The molecule has 4 nitrogen and oxygen atoms in total. The highest BCUT2D eigenvalue weighted by molar-refractivity contribution is 5.77. The number of carbonyl (C=O) groups excluding carboxylic acids is 1. The minimum atomic E-state index is -0.156. The van der Waals surface area contributed by atoms with Gasteiger partial charge in [-0.3, -0.25) is 4.79 Å². The molecule has 0 radical (unpaired) electrons. The molecular weight excluding hydrogens is 192 g/mol. The average molecular weight is 208 g/mol. The summed E-state index contributed by atoms with van der Waals surface area (Å²) in [6.07, 6.45) is 0. The molecule has 1 rings (SSSR count). The number of nitrogens with two attached hydrogens (primary N) is 1. The Morgan fingerprint density at radius 3 is 3.00 bits per heavy atom. The van der Waals surface area contributed by atoms with E-state index in [0.29, 0.717) is 13.2 Å². The highest BCUT2D eigenvalue weighted by atomic mass is 16.5. The zero-order chi connectivity index (χ0) is 11.1. The smallest absolute Gasteiger partial charge is 0.234 e. The number of hydrogen-bond acceptors (Lipinski definition) is 3. The molecule has 0 saturated carbocycles. The Kier molecular flexibility index (Phi) is 4.63. The van der Waals surface area contributed by atoms with E-state index in [0.717, 1.165) is 11.3 Å². The Balaban J connectivity index is 2.53. The van der Waals surface area contributed by atoms with Crippen molar-refractivity contribution >= 4 is 5.91 Å². The standard InChI is InChI=1S/C11H16N2O2/c1-2-15-10-5-3-4-9(6-10)8-13-11(14)7-12/h3-6H,2,7-8,12H2,1H3,(H,13,14). The fourth-order valence-electron chi connectivity index (χ4n) is 1.18. The third-order valence-electron chi connectivity index (χ3n) is 1.88. The van der Waals surface area contributed by atoms with Crippen LogP contribution in [0.1, 0.15) is 12.5 Å². The summed E-state index contributed by atoms with van der Waals surface area (Å²) in [6, 6.07) is 7.62. The molecule has 0 aliphatic heterocycles. The molecule has 1 amide bonds. The van der Waals surface area contributed by atoms with Gasteiger partial charge in [0, 0.05) is 6.54 Å². The van der Waals surface area contributed by atoms with Crippen molar-refractivity contribution in [1.82, 2.24) is 5.32 Å². The van der Waals surface area contributed by atoms with Gasteiger partial charge in [-0.15, -0.1) is 0 Å². The molecule has 0 fully saturated rings.